The van der Waals surface area contributed by atoms with Gasteiger partial charge >= 0.3 is 0 Å². The molecule has 1 atom stereocenters. The van der Waals surface area contributed by atoms with Crippen LogP contribution in [0.2, 0.25) is 0 Å². The van der Waals surface area contributed by atoms with E-state index in [0.29, 0.717) is 5.57 Å². The summed E-state index contributed by atoms with van der Waals surface area (Å²) in [5, 5.41) is 0. The molecule has 0 aromatic heterocycles. The van der Waals surface area contributed by atoms with Gasteiger partial charge in [0.1, 0.15) is 12.1 Å². The molecule has 1 aliphatic heterocycles. The van der Waals surface area contributed by atoms with Crippen LogP contribution in [0.15, 0.2) is 77.8 Å². The zero-order valence-corrected chi connectivity index (χ0v) is 13.8. The molecule has 126 valence electrons. The smallest absolute Gasteiger partial charge is 0.249 e. The average molecular weight is 333 g/mol. The van der Waals surface area contributed by atoms with Gasteiger partial charge in [-0.05, 0) is 24.6 Å². The van der Waals surface area contributed by atoms with Crippen molar-refractivity contribution < 1.29 is 9.59 Å². The molecule has 0 fully saturated rings. The highest BCUT2D eigenvalue weighted by Crippen LogP contribution is 2.38. The van der Waals surface area contributed by atoms with Gasteiger partial charge in [-0.15, -0.1) is 0 Å². The largest absolute Gasteiger partial charge is 0.384 e. The summed E-state index contributed by atoms with van der Waals surface area (Å²) in [7, 11) is 0. The molecule has 1 amide bonds. The van der Waals surface area contributed by atoms with Crippen LogP contribution >= 0.6 is 0 Å². The zero-order valence-electron chi connectivity index (χ0n) is 13.8. The Kier molecular flexibility index (Phi) is 4.39. The summed E-state index contributed by atoms with van der Waals surface area (Å²) < 4.78 is 0. The minimum absolute atomic E-state index is 0.219. The summed E-state index contributed by atoms with van der Waals surface area (Å²) in [6.07, 6.45) is 2.41. The molecule has 2 aromatic carbocycles. The predicted octanol–water partition coefficient (Wildman–Crippen LogP) is 2.34. The molecule has 0 saturated carbocycles. The number of benzene rings is 2. The number of amides is 1. The summed E-state index contributed by atoms with van der Waals surface area (Å²) in [5.41, 5.74) is 15.2. The lowest BCUT2D eigenvalue weighted by Crippen LogP contribution is -2.36. The monoisotopic (exact) mass is 333 g/mol. The molecule has 5 nitrogen and oxygen atoms in total. The van der Waals surface area contributed by atoms with Gasteiger partial charge in [0.2, 0.25) is 5.91 Å². The van der Waals surface area contributed by atoms with Crippen molar-refractivity contribution in [1.29, 1.82) is 0 Å². The van der Waals surface area contributed by atoms with E-state index >= 15 is 0 Å². The van der Waals surface area contributed by atoms with Crippen LogP contribution < -0.4 is 16.4 Å². The van der Waals surface area contributed by atoms with E-state index < -0.39 is 11.8 Å². The first-order chi connectivity index (χ1) is 12.0. The normalized spacial score (nSPS) is 17.2. The first kappa shape index (κ1) is 16.5. The van der Waals surface area contributed by atoms with Gasteiger partial charge in [0.05, 0.1) is 5.57 Å². The number of nitrogens with zero attached hydrogens (tertiary/aromatic N) is 1. The van der Waals surface area contributed by atoms with Crippen molar-refractivity contribution in [3.05, 3.63) is 88.9 Å². The number of rotatable bonds is 4. The third-order valence-corrected chi connectivity index (χ3v) is 4.28. The molecule has 1 aliphatic rings. The third kappa shape index (κ3) is 3.04. The van der Waals surface area contributed by atoms with E-state index in [1.54, 1.807) is 11.1 Å². The number of primary amides is 1. The second kappa shape index (κ2) is 6.65. The fourth-order valence-electron chi connectivity index (χ4n) is 3.03. The number of carbonyl (C=O) groups excluding carboxylic acids is 2. The van der Waals surface area contributed by atoms with Gasteiger partial charge in [0.25, 0.3) is 0 Å². The third-order valence-electron chi connectivity index (χ3n) is 4.28. The van der Waals surface area contributed by atoms with Crippen molar-refractivity contribution in [2.24, 2.45) is 11.5 Å². The Morgan fingerprint density at radius 2 is 1.72 bits per heavy atom. The highest BCUT2D eigenvalue weighted by atomic mass is 16.1. The van der Waals surface area contributed by atoms with Crippen molar-refractivity contribution in [1.82, 2.24) is 0 Å². The van der Waals surface area contributed by atoms with Crippen LogP contribution in [0.25, 0.3) is 0 Å². The van der Waals surface area contributed by atoms with E-state index in [4.69, 9.17) is 11.5 Å². The van der Waals surface area contributed by atoms with Crippen LogP contribution in [0.3, 0.4) is 0 Å². The number of aldehydes is 1. The Labute approximate surface area is 146 Å². The van der Waals surface area contributed by atoms with Gasteiger partial charge in [0.15, 0.2) is 0 Å². The Morgan fingerprint density at radius 3 is 2.28 bits per heavy atom. The molecule has 1 heterocycles. The minimum atomic E-state index is -0.643. The summed E-state index contributed by atoms with van der Waals surface area (Å²) >= 11 is 0. The summed E-state index contributed by atoms with van der Waals surface area (Å²) in [4.78, 5) is 25.5. The molecular weight excluding hydrogens is 314 g/mol. The Balaban J connectivity index is 2.17. The SMILES string of the molecule is Cc1ccc(N2C=C(C=O)C(c3ccccc3)C(C(N)=O)=C2N)cc1. The van der Waals surface area contributed by atoms with E-state index in [1.807, 2.05) is 61.5 Å². The second-order valence-electron chi connectivity index (χ2n) is 5.96. The molecule has 3 rings (SSSR count). The molecule has 4 N–H and O–H groups in total. The number of nitrogens with two attached hydrogens (primary N) is 2. The highest BCUT2D eigenvalue weighted by molar-refractivity contribution is 5.99. The van der Waals surface area contributed by atoms with E-state index in [-0.39, 0.29) is 11.4 Å². The van der Waals surface area contributed by atoms with Crippen molar-refractivity contribution in [3.63, 3.8) is 0 Å². The Hall–Kier alpha value is -3.34. The maximum Gasteiger partial charge on any atom is 0.249 e. The summed E-state index contributed by atoms with van der Waals surface area (Å²) in [6.45, 7) is 1.98. The topological polar surface area (TPSA) is 89.4 Å². The first-order valence-corrected chi connectivity index (χ1v) is 7.90. The first-order valence-electron chi connectivity index (χ1n) is 7.90. The summed E-state index contributed by atoms with van der Waals surface area (Å²) in [6, 6.07) is 16.9. The van der Waals surface area contributed by atoms with Crippen LogP contribution in [0.1, 0.15) is 17.0 Å². The maximum atomic E-state index is 12.2. The second-order valence-corrected chi connectivity index (χ2v) is 5.96. The van der Waals surface area contributed by atoms with E-state index in [1.165, 1.54) is 0 Å². The summed E-state index contributed by atoms with van der Waals surface area (Å²) in [5.74, 6) is -0.982. The number of allylic oxidation sites excluding steroid dienone is 1. The molecule has 0 aliphatic carbocycles. The van der Waals surface area contributed by atoms with Crippen LogP contribution in [0.5, 0.6) is 0 Å². The molecule has 0 spiro atoms. The molecular formula is C20H19N3O2. The highest BCUT2D eigenvalue weighted by Gasteiger charge is 2.33. The Morgan fingerprint density at radius 1 is 1.08 bits per heavy atom. The lowest BCUT2D eigenvalue weighted by atomic mass is 9.83. The number of anilines is 1. The molecule has 0 saturated heterocycles. The molecule has 25 heavy (non-hydrogen) atoms. The fraction of sp³-hybridized carbons (Fsp3) is 0.100. The van der Waals surface area contributed by atoms with Gasteiger partial charge in [-0.2, -0.15) is 0 Å². The molecule has 0 bridgehead atoms. The van der Waals surface area contributed by atoms with Gasteiger partial charge in [-0.25, -0.2) is 0 Å². The van der Waals surface area contributed by atoms with Gasteiger partial charge in [-0.3, -0.25) is 9.59 Å². The van der Waals surface area contributed by atoms with Gasteiger partial charge in [-0.1, -0.05) is 48.0 Å². The lowest BCUT2D eigenvalue weighted by molar-refractivity contribution is -0.114. The Bertz CT molecular complexity index is 868. The van der Waals surface area contributed by atoms with Crippen molar-refractivity contribution >= 4 is 17.9 Å². The standard InChI is InChI=1S/C20H19N3O2/c1-13-7-9-16(10-8-13)23-11-15(12-24)17(14-5-3-2-4-6-14)18(19(23)21)20(22)25/h2-12,17H,21H2,1H3,(H2,22,25). The zero-order chi connectivity index (χ0) is 18.0. The number of aryl methyl sites for hydroxylation is 1. The van der Waals surface area contributed by atoms with Crippen LogP contribution in [-0.2, 0) is 9.59 Å². The van der Waals surface area contributed by atoms with E-state index in [9.17, 15) is 9.59 Å². The van der Waals surface area contributed by atoms with Crippen molar-refractivity contribution in [2.75, 3.05) is 4.90 Å². The number of hydrogen-bond donors (Lipinski definition) is 2. The van der Waals surface area contributed by atoms with Crippen molar-refractivity contribution in [3.8, 4) is 0 Å². The predicted molar refractivity (Wildman–Crippen MR) is 97.4 cm³/mol. The molecule has 2 aromatic rings. The van der Waals surface area contributed by atoms with E-state index in [2.05, 4.69) is 0 Å². The average Bonchev–Trinajstić information content (AvgIpc) is 2.62. The minimum Gasteiger partial charge on any atom is -0.384 e. The van der Waals surface area contributed by atoms with Crippen LogP contribution in [-0.4, -0.2) is 12.2 Å². The van der Waals surface area contributed by atoms with E-state index in [0.717, 1.165) is 23.1 Å². The molecule has 0 radical (unpaired) electrons. The fourth-order valence-corrected chi connectivity index (χ4v) is 3.03. The van der Waals surface area contributed by atoms with Crippen LogP contribution in [0, 0.1) is 6.92 Å². The van der Waals surface area contributed by atoms with Gasteiger partial charge < -0.3 is 16.4 Å². The van der Waals surface area contributed by atoms with Crippen molar-refractivity contribution in [2.45, 2.75) is 12.8 Å². The molecule has 1 unspecified atom stereocenters. The molecule has 5 heteroatoms. The number of hydrogen-bond acceptors (Lipinski definition) is 4. The maximum absolute atomic E-state index is 12.2. The van der Waals surface area contributed by atoms with Crippen LogP contribution in [0.4, 0.5) is 5.69 Å². The lowest BCUT2D eigenvalue weighted by Gasteiger charge is -2.32. The van der Waals surface area contributed by atoms with Gasteiger partial charge in [0, 0.05) is 23.4 Å². The number of carbonyl (C=O) groups is 2. The quantitative estimate of drug-likeness (QED) is 0.841.